The molecule has 1 fully saturated rings. The summed E-state index contributed by atoms with van der Waals surface area (Å²) in [5.74, 6) is -1.26. The Morgan fingerprint density at radius 1 is 1.40 bits per heavy atom. The zero-order valence-electron chi connectivity index (χ0n) is 18.4. The van der Waals surface area contributed by atoms with Gasteiger partial charge in [0.25, 0.3) is 17.6 Å². The molecule has 0 saturated carbocycles. The van der Waals surface area contributed by atoms with Gasteiger partial charge in [-0.2, -0.15) is 0 Å². The molecule has 2 aromatic heterocycles. The maximum absolute atomic E-state index is 12.9. The summed E-state index contributed by atoms with van der Waals surface area (Å²) in [5, 5.41) is 34.8. The number of hydrogen-bond donors (Lipinski definition) is 6. The lowest BCUT2D eigenvalue weighted by Crippen LogP contribution is -2.71. The first-order chi connectivity index (χ1) is 16.7. The van der Waals surface area contributed by atoms with Crippen LogP contribution in [-0.4, -0.2) is 77.1 Å². The van der Waals surface area contributed by atoms with Crippen LogP contribution in [0.4, 0.5) is 10.9 Å². The van der Waals surface area contributed by atoms with E-state index >= 15 is 0 Å². The number of carbonyl (C=O) groups excluding carboxylic acids is 2. The third-order valence-electron chi connectivity index (χ3n) is 5.71. The van der Waals surface area contributed by atoms with E-state index in [0.717, 1.165) is 22.1 Å². The van der Waals surface area contributed by atoms with Crippen LogP contribution in [0.5, 0.6) is 0 Å². The normalized spacial score (nSPS) is 20.0. The van der Waals surface area contributed by atoms with Gasteiger partial charge in [-0.3, -0.25) is 14.5 Å². The monoisotopic (exact) mass is 523 g/mol. The van der Waals surface area contributed by atoms with E-state index < -0.39 is 34.9 Å². The lowest BCUT2D eigenvalue weighted by molar-refractivity contribution is -0.694. The number of oxime groups is 1. The van der Waals surface area contributed by atoms with Crippen LogP contribution in [-0.2, 0) is 27.5 Å². The van der Waals surface area contributed by atoms with Crippen LogP contribution in [0, 0.1) is 6.92 Å². The Bertz CT molecular complexity index is 1270. The van der Waals surface area contributed by atoms with Crippen molar-refractivity contribution < 1.29 is 34.4 Å². The van der Waals surface area contributed by atoms with Crippen LogP contribution >= 0.6 is 23.1 Å². The number of aromatic nitrogens is 3. The summed E-state index contributed by atoms with van der Waals surface area (Å²) < 4.78 is 3.47. The Morgan fingerprint density at radius 2 is 2.14 bits per heavy atom. The molecule has 0 aromatic carbocycles. The minimum atomic E-state index is -1.26. The van der Waals surface area contributed by atoms with Gasteiger partial charge in [0, 0.05) is 23.6 Å². The second-order valence-electron chi connectivity index (χ2n) is 7.74. The zero-order valence-corrected chi connectivity index (χ0v) is 20.0. The van der Waals surface area contributed by atoms with Gasteiger partial charge in [-0.1, -0.05) is 5.16 Å². The minimum Gasteiger partial charge on any atom is -0.477 e. The van der Waals surface area contributed by atoms with Gasteiger partial charge in [0.2, 0.25) is 5.82 Å². The first kappa shape index (κ1) is 24.5. The van der Waals surface area contributed by atoms with E-state index in [4.69, 9.17) is 11.5 Å². The van der Waals surface area contributed by atoms with Crippen molar-refractivity contribution in [2.45, 2.75) is 31.4 Å². The number of fused-ring (bicyclic) bond motifs is 1. The van der Waals surface area contributed by atoms with Crippen LogP contribution in [0.25, 0.3) is 0 Å². The van der Waals surface area contributed by atoms with Crippen LogP contribution in [0.2, 0.25) is 0 Å². The molecule has 4 rings (SSSR count). The number of aliphatic hydroxyl groups excluding tert-OH is 1. The van der Waals surface area contributed by atoms with E-state index in [-0.39, 0.29) is 29.7 Å². The fraction of sp³-hybridized carbons (Fsp3) is 0.368. The highest BCUT2D eigenvalue weighted by molar-refractivity contribution is 8.00. The van der Waals surface area contributed by atoms with Crippen molar-refractivity contribution in [2.24, 2.45) is 5.16 Å². The highest BCUT2D eigenvalue weighted by atomic mass is 32.2. The molecule has 0 unspecified atom stereocenters. The third kappa shape index (κ3) is 4.30. The molecule has 4 heterocycles. The van der Waals surface area contributed by atoms with Gasteiger partial charge in [0.15, 0.2) is 17.0 Å². The largest absolute Gasteiger partial charge is 0.477 e. The standard InChI is InChI=1S/C19H22N8O6S2/c1-8-25(5-11(20)26(8)2-3-28)4-9-6-34-17-13(16(30)27(17)14(9)18(31)32)23-15(29)12(24-33)10-7-35-19(21)22-10/h5,7,13,17,28H,2-4,6,20H2,1H3,(H4-,21,22,23,29,31,32,33)/p+1/t13-,17-/m1/s1. The van der Waals surface area contributed by atoms with Crippen molar-refractivity contribution in [3.8, 4) is 0 Å². The molecule has 1 saturated heterocycles. The molecule has 2 aromatic rings. The summed E-state index contributed by atoms with van der Waals surface area (Å²) in [6.07, 6.45) is 1.65. The number of rotatable bonds is 8. The number of aliphatic carboxylic acids is 1. The van der Waals surface area contributed by atoms with Crippen LogP contribution in [0.3, 0.4) is 0 Å². The van der Waals surface area contributed by atoms with Gasteiger partial charge in [0.05, 0.1) is 6.61 Å². The van der Waals surface area contributed by atoms with Gasteiger partial charge in [-0.05, 0) is 0 Å². The molecule has 2 aliphatic heterocycles. The second kappa shape index (κ2) is 9.55. The number of nitrogens with one attached hydrogen (secondary N) is 1. The van der Waals surface area contributed by atoms with E-state index in [1.807, 2.05) is 0 Å². The molecule has 16 heteroatoms. The number of anilines is 2. The van der Waals surface area contributed by atoms with E-state index in [0.29, 0.717) is 23.7 Å². The Labute approximate surface area is 206 Å². The number of thioether (sulfide) groups is 1. The number of carboxylic acid groups (broad SMARTS) is 1. The lowest BCUT2D eigenvalue weighted by Gasteiger charge is -2.49. The number of nitrogens with zero attached hydrogens (tertiary/aromatic N) is 5. The summed E-state index contributed by atoms with van der Waals surface area (Å²) in [5.41, 5.74) is 11.6. The maximum Gasteiger partial charge on any atom is 0.352 e. The molecule has 2 atom stereocenters. The van der Waals surface area contributed by atoms with Crippen molar-refractivity contribution in [2.75, 3.05) is 23.8 Å². The number of amides is 2. The Kier molecular flexibility index (Phi) is 6.68. The number of nitrogen functional groups attached to an aromatic ring is 2. The minimum absolute atomic E-state index is 0.0561. The lowest BCUT2D eigenvalue weighted by atomic mass is 10.0. The highest BCUT2D eigenvalue weighted by Crippen LogP contribution is 2.40. The average molecular weight is 524 g/mol. The summed E-state index contributed by atoms with van der Waals surface area (Å²) in [4.78, 5) is 42.7. The van der Waals surface area contributed by atoms with E-state index in [1.165, 1.54) is 17.1 Å². The Hall–Kier alpha value is -3.63. The molecular formula is C19H23N8O6S2+. The van der Waals surface area contributed by atoms with Crippen LogP contribution < -0.4 is 21.4 Å². The molecule has 0 spiro atoms. The van der Waals surface area contributed by atoms with E-state index in [2.05, 4.69) is 15.5 Å². The molecule has 2 aliphatic rings. The van der Waals surface area contributed by atoms with Gasteiger partial charge in [-0.25, -0.2) is 18.9 Å². The summed E-state index contributed by atoms with van der Waals surface area (Å²) in [7, 11) is 0. The van der Waals surface area contributed by atoms with Crippen molar-refractivity contribution in [1.82, 2.24) is 19.8 Å². The predicted molar refractivity (Wildman–Crippen MR) is 125 cm³/mol. The Balaban J connectivity index is 1.54. The molecule has 0 bridgehead atoms. The second-order valence-corrected chi connectivity index (χ2v) is 9.74. The fourth-order valence-corrected chi connectivity index (χ4v) is 5.93. The van der Waals surface area contributed by atoms with Crippen molar-refractivity contribution in [3.63, 3.8) is 0 Å². The van der Waals surface area contributed by atoms with Gasteiger partial charge in [-0.15, -0.1) is 23.1 Å². The van der Waals surface area contributed by atoms with Gasteiger partial charge in [0.1, 0.15) is 35.9 Å². The summed E-state index contributed by atoms with van der Waals surface area (Å²) >= 11 is 2.36. The molecule has 35 heavy (non-hydrogen) atoms. The summed E-state index contributed by atoms with van der Waals surface area (Å²) in [6, 6.07) is -1.01. The number of thiazole rings is 1. The molecule has 186 valence electrons. The zero-order chi connectivity index (χ0) is 25.4. The fourth-order valence-electron chi connectivity index (χ4n) is 4.05. The number of carbonyl (C=O) groups is 3. The van der Waals surface area contributed by atoms with E-state index in [1.54, 1.807) is 22.3 Å². The number of carboxylic acids is 1. The molecule has 0 radical (unpaired) electrons. The molecule has 0 aliphatic carbocycles. The van der Waals surface area contributed by atoms with Gasteiger partial charge >= 0.3 is 5.97 Å². The first-order valence-electron chi connectivity index (χ1n) is 10.3. The van der Waals surface area contributed by atoms with Crippen LogP contribution in [0.15, 0.2) is 28.0 Å². The highest BCUT2D eigenvalue weighted by Gasteiger charge is 2.54. The van der Waals surface area contributed by atoms with Crippen LogP contribution in [0.1, 0.15) is 11.5 Å². The Morgan fingerprint density at radius 3 is 2.74 bits per heavy atom. The maximum atomic E-state index is 12.9. The number of nitrogens with two attached hydrogens (primary N) is 2. The molecule has 14 nitrogen and oxygen atoms in total. The quantitative estimate of drug-likeness (QED) is 0.0759. The smallest absolute Gasteiger partial charge is 0.352 e. The SMILES string of the molecule is Cc1n(CCO)c(N)c[n+]1CC1=C(C(=O)O)N2C(=O)[C@@H](NC(=O)/C(=N\O)c3csc(N)n3)[C@H]2SC1. The van der Waals surface area contributed by atoms with Crippen molar-refractivity contribution in [3.05, 3.63) is 34.4 Å². The van der Waals surface area contributed by atoms with Crippen molar-refractivity contribution in [1.29, 1.82) is 0 Å². The topological polar surface area (TPSA) is 213 Å². The first-order valence-corrected chi connectivity index (χ1v) is 12.2. The third-order valence-corrected chi connectivity index (χ3v) is 7.72. The van der Waals surface area contributed by atoms with Crippen molar-refractivity contribution >= 4 is 57.5 Å². The predicted octanol–water partition coefficient (Wildman–Crippen LogP) is -1.69. The number of imidazole rings is 1. The number of hydrogen-bond acceptors (Lipinski definition) is 11. The summed E-state index contributed by atoms with van der Waals surface area (Å²) in [6.45, 7) is 2.17. The molecular weight excluding hydrogens is 500 g/mol. The number of β-lactam (4-membered cyclic amide) rings is 1. The molecule has 8 N–H and O–H groups in total. The van der Waals surface area contributed by atoms with Gasteiger partial charge < -0.3 is 32.2 Å². The number of aliphatic hydroxyl groups is 1. The average Bonchev–Trinajstić information content (AvgIpc) is 3.35. The van der Waals surface area contributed by atoms with E-state index in [9.17, 15) is 29.8 Å². The molecule has 2 amide bonds.